The number of furan rings is 1. The molecule has 2 heterocycles. The second kappa shape index (κ2) is 7.58. The molecule has 0 bridgehead atoms. The highest BCUT2D eigenvalue weighted by Gasteiger charge is 2.14. The quantitative estimate of drug-likeness (QED) is 0.681. The molecule has 0 saturated carbocycles. The lowest BCUT2D eigenvalue weighted by molar-refractivity contribution is 0.0828. The highest BCUT2D eigenvalue weighted by Crippen LogP contribution is 2.16. The van der Waals surface area contributed by atoms with E-state index in [-0.39, 0.29) is 23.9 Å². The van der Waals surface area contributed by atoms with Gasteiger partial charge in [-0.3, -0.25) is 20.4 Å². The lowest BCUT2D eigenvalue weighted by Crippen LogP contribution is -2.41. The van der Waals surface area contributed by atoms with Crippen LogP contribution in [0.2, 0.25) is 0 Å². The van der Waals surface area contributed by atoms with E-state index in [2.05, 4.69) is 15.8 Å². The Morgan fingerprint density at radius 3 is 2.64 bits per heavy atom. The molecule has 0 aliphatic rings. The molecule has 2 amide bonds. The van der Waals surface area contributed by atoms with Crippen molar-refractivity contribution in [1.29, 1.82) is 0 Å². The normalized spacial score (nSPS) is 10.3. The largest absolute Gasteiger partial charge is 0.486 e. The van der Waals surface area contributed by atoms with Crippen molar-refractivity contribution in [3.8, 4) is 5.75 Å². The average molecular weight is 361 g/mol. The van der Waals surface area contributed by atoms with Gasteiger partial charge in [-0.25, -0.2) is 9.37 Å². The molecule has 0 aliphatic carbocycles. The summed E-state index contributed by atoms with van der Waals surface area (Å²) in [6.45, 7) is 0.141. The lowest BCUT2D eigenvalue weighted by Gasteiger charge is -2.04. The number of amides is 2. The van der Waals surface area contributed by atoms with Gasteiger partial charge in [-0.15, -0.1) is 11.3 Å². The standard InChI is InChI=1S/C16H12FN3O4S/c17-10-3-5-11(6-4-10)24-8-14-18-12(9-25-14)15(21)19-20-16(22)13-2-1-7-23-13/h1-7,9H,8H2,(H,19,21)(H,20,22). The van der Waals surface area contributed by atoms with E-state index in [0.717, 1.165) is 0 Å². The van der Waals surface area contributed by atoms with Crippen LogP contribution in [-0.2, 0) is 6.61 Å². The molecular formula is C16H12FN3O4S. The summed E-state index contributed by atoms with van der Waals surface area (Å²) in [6, 6.07) is 8.61. The molecule has 0 atom stereocenters. The zero-order chi connectivity index (χ0) is 17.6. The van der Waals surface area contributed by atoms with Gasteiger partial charge < -0.3 is 9.15 Å². The van der Waals surface area contributed by atoms with Crippen LogP contribution in [0.4, 0.5) is 4.39 Å². The molecule has 25 heavy (non-hydrogen) atoms. The van der Waals surface area contributed by atoms with Crippen LogP contribution >= 0.6 is 11.3 Å². The highest BCUT2D eigenvalue weighted by atomic mass is 32.1. The number of rotatable bonds is 5. The molecule has 0 spiro atoms. The predicted octanol–water partition coefficient (Wildman–Crippen LogP) is 2.53. The number of hydrogen-bond acceptors (Lipinski definition) is 6. The van der Waals surface area contributed by atoms with Crippen molar-refractivity contribution in [2.24, 2.45) is 0 Å². The molecule has 3 rings (SSSR count). The van der Waals surface area contributed by atoms with Crippen LogP contribution in [0.5, 0.6) is 5.75 Å². The zero-order valence-electron chi connectivity index (χ0n) is 12.7. The first-order valence-electron chi connectivity index (χ1n) is 7.09. The van der Waals surface area contributed by atoms with Gasteiger partial charge in [-0.2, -0.15) is 0 Å². The Bertz CT molecular complexity index is 862. The van der Waals surface area contributed by atoms with Crippen molar-refractivity contribution >= 4 is 23.2 Å². The fourth-order valence-electron chi connectivity index (χ4n) is 1.80. The Morgan fingerprint density at radius 1 is 1.16 bits per heavy atom. The summed E-state index contributed by atoms with van der Waals surface area (Å²) >= 11 is 1.23. The lowest BCUT2D eigenvalue weighted by atomic mass is 10.3. The molecule has 2 N–H and O–H groups in total. The third-order valence-electron chi connectivity index (χ3n) is 2.99. The van der Waals surface area contributed by atoms with Crippen molar-refractivity contribution in [1.82, 2.24) is 15.8 Å². The summed E-state index contributed by atoms with van der Waals surface area (Å²) in [5.74, 6) is -0.921. The second-order valence-corrected chi connectivity index (χ2v) is 5.70. The minimum absolute atomic E-state index is 0.0759. The van der Waals surface area contributed by atoms with Crippen molar-refractivity contribution in [3.63, 3.8) is 0 Å². The van der Waals surface area contributed by atoms with Gasteiger partial charge in [-0.05, 0) is 36.4 Å². The summed E-state index contributed by atoms with van der Waals surface area (Å²) in [6.07, 6.45) is 1.35. The van der Waals surface area contributed by atoms with Crippen LogP contribution in [0.1, 0.15) is 26.1 Å². The summed E-state index contributed by atoms with van der Waals surface area (Å²) in [5, 5.41) is 2.10. The Balaban J connectivity index is 1.51. The van der Waals surface area contributed by atoms with E-state index in [1.165, 1.54) is 53.3 Å². The summed E-state index contributed by atoms with van der Waals surface area (Å²) in [5.41, 5.74) is 4.61. The van der Waals surface area contributed by atoms with Gasteiger partial charge >= 0.3 is 5.91 Å². The van der Waals surface area contributed by atoms with E-state index in [4.69, 9.17) is 9.15 Å². The SMILES string of the molecule is O=C(NNC(=O)c1ccco1)c1csc(COc2ccc(F)cc2)n1. The van der Waals surface area contributed by atoms with Crippen LogP contribution in [-0.4, -0.2) is 16.8 Å². The third kappa shape index (κ3) is 4.42. The Morgan fingerprint density at radius 2 is 1.92 bits per heavy atom. The predicted molar refractivity (Wildman–Crippen MR) is 86.5 cm³/mol. The molecule has 0 aliphatic heterocycles. The summed E-state index contributed by atoms with van der Waals surface area (Å²) < 4.78 is 23.2. The molecule has 7 nitrogen and oxygen atoms in total. The molecular weight excluding hydrogens is 349 g/mol. The van der Waals surface area contributed by atoms with Gasteiger partial charge in [0.15, 0.2) is 5.76 Å². The van der Waals surface area contributed by atoms with Crippen LogP contribution in [0.3, 0.4) is 0 Å². The Labute approximate surface area is 145 Å². The summed E-state index contributed by atoms with van der Waals surface area (Å²) in [7, 11) is 0. The first-order chi connectivity index (χ1) is 12.1. The van der Waals surface area contributed by atoms with E-state index in [1.807, 2.05) is 0 Å². The van der Waals surface area contributed by atoms with Crippen LogP contribution in [0.25, 0.3) is 0 Å². The van der Waals surface area contributed by atoms with Crippen molar-refractivity contribution in [3.05, 3.63) is 70.3 Å². The maximum absolute atomic E-state index is 12.8. The van der Waals surface area contributed by atoms with Gasteiger partial charge in [0.05, 0.1) is 6.26 Å². The number of nitrogens with one attached hydrogen (secondary N) is 2. The topological polar surface area (TPSA) is 93.5 Å². The molecule has 128 valence electrons. The molecule has 3 aromatic rings. The van der Waals surface area contributed by atoms with E-state index in [0.29, 0.717) is 10.8 Å². The van der Waals surface area contributed by atoms with E-state index >= 15 is 0 Å². The number of nitrogens with zero attached hydrogens (tertiary/aromatic N) is 1. The molecule has 0 saturated heterocycles. The number of aromatic nitrogens is 1. The first-order valence-corrected chi connectivity index (χ1v) is 7.97. The second-order valence-electron chi connectivity index (χ2n) is 4.75. The minimum Gasteiger partial charge on any atom is -0.486 e. The maximum atomic E-state index is 12.8. The van der Waals surface area contributed by atoms with Gasteiger partial charge in [0, 0.05) is 5.38 Å². The number of carbonyl (C=O) groups is 2. The van der Waals surface area contributed by atoms with Crippen LogP contribution in [0, 0.1) is 5.82 Å². The number of hydrazine groups is 1. The monoisotopic (exact) mass is 361 g/mol. The zero-order valence-corrected chi connectivity index (χ0v) is 13.5. The molecule has 9 heteroatoms. The summed E-state index contributed by atoms with van der Waals surface area (Å²) in [4.78, 5) is 27.7. The third-order valence-corrected chi connectivity index (χ3v) is 3.82. The number of hydrogen-bond donors (Lipinski definition) is 2. The van der Waals surface area contributed by atoms with E-state index in [9.17, 15) is 14.0 Å². The number of benzene rings is 1. The fourth-order valence-corrected chi connectivity index (χ4v) is 2.49. The van der Waals surface area contributed by atoms with Gasteiger partial charge in [0.2, 0.25) is 0 Å². The van der Waals surface area contributed by atoms with Crippen LogP contribution in [0.15, 0.2) is 52.5 Å². The molecule has 2 aromatic heterocycles. The molecule has 1 aromatic carbocycles. The van der Waals surface area contributed by atoms with E-state index < -0.39 is 11.8 Å². The smallest absolute Gasteiger partial charge is 0.305 e. The van der Waals surface area contributed by atoms with Gasteiger partial charge in [0.25, 0.3) is 5.91 Å². The number of halogens is 1. The Hall–Kier alpha value is -3.20. The molecule has 0 radical (unpaired) electrons. The van der Waals surface area contributed by atoms with Gasteiger partial charge in [0.1, 0.15) is 28.9 Å². The number of thiazole rings is 1. The first kappa shape index (κ1) is 16.7. The molecule has 0 unspecified atom stereocenters. The van der Waals surface area contributed by atoms with Gasteiger partial charge in [-0.1, -0.05) is 0 Å². The average Bonchev–Trinajstić information content (AvgIpc) is 3.30. The Kier molecular flexibility index (Phi) is 5.05. The molecule has 0 fully saturated rings. The van der Waals surface area contributed by atoms with Crippen molar-refractivity contribution < 1.29 is 23.1 Å². The number of carbonyl (C=O) groups excluding carboxylic acids is 2. The maximum Gasteiger partial charge on any atom is 0.305 e. The van der Waals surface area contributed by atoms with E-state index in [1.54, 1.807) is 6.07 Å². The van der Waals surface area contributed by atoms with Crippen molar-refractivity contribution in [2.75, 3.05) is 0 Å². The number of ether oxygens (including phenoxy) is 1. The highest BCUT2D eigenvalue weighted by molar-refractivity contribution is 7.09. The minimum atomic E-state index is -0.576. The van der Waals surface area contributed by atoms with Crippen LogP contribution < -0.4 is 15.6 Å². The fraction of sp³-hybridized carbons (Fsp3) is 0.0625. The van der Waals surface area contributed by atoms with Crippen molar-refractivity contribution in [2.45, 2.75) is 6.61 Å².